The van der Waals surface area contributed by atoms with Crippen LogP contribution in [0, 0.1) is 0 Å². The average molecular weight is 381 g/mol. The number of benzene rings is 2. The van der Waals surface area contributed by atoms with Crippen molar-refractivity contribution in [2.24, 2.45) is 0 Å². The number of hydrogen-bond donors (Lipinski definition) is 1. The second-order valence-corrected chi connectivity index (χ2v) is 6.41. The van der Waals surface area contributed by atoms with E-state index in [4.69, 9.17) is 4.74 Å². The smallest absolute Gasteiger partial charge is 0.251 e. The lowest BCUT2D eigenvalue weighted by Crippen LogP contribution is -2.22. The number of hydrogen-bond acceptors (Lipinski definition) is 4. The maximum absolute atomic E-state index is 12.5. The van der Waals surface area contributed by atoms with Crippen molar-refractivity contribution in [3.63, 3.8) is 0 Å². The van der Waals surface area contributed by atoms with Crippen LogP contribution in [-0.4, -0.2) is 15.9 Å². The van der Waals surface area contributed by atoms with Gasteiger partial charge in [-0.05, 0) is 66.2 Å². The van der Waals surface area contributed by atoms with Gasteiger partial charge in [0, 0.05) is 36.3 Å². The fourth-order valence-electron chi connectivity index (χ4n) is 2.84. The number of aromatic nitrogens is 2. The molecule has 0 spiro atoms. The molecule has 0 aliphatic heterocycles. The highest BCUT2D eigenvalue weighted by molar-refractivity contribution is 5.94. The molecule has 0 unspecified atom stereocenters. The summed E-state index contributed by atoms with van der Waals surface area (Å²) in [5.41, 5.74) is 3.31. The molecule has 29 heavy (non-hydrogen) atoms. The summed E-state index contributed by atoms with van der Waals surface area (Å²) in [7, 11) is 0. The van der Waals surface area contributed by atoms with Crippen molar-refractivity contribution < 1.29 is 9.53 Å². The van der Waals surface area contributed by atoms with Crippen LogP contribution in [0.25, 0.3) is 11.3 Å². The minimum absolute atomic E-state index is 0.143. The summed E-state index contributed by atoms with van der Waals surface area (Å²) in [6.45, 7) is 0.414. The summed E-state index contributed by atoms with van der Waals surface area (Å²) in [6, 6.07) is 24.3. The molecule has 0 fully saturated rings. The molecule has 0 aliphatic carbocycles. The van der Waals surface area contributed by atoms with E-state index in [1.165, 1.54) is 0 Å². The monoisotopic (exact) mass is 381 g/mol. The van der Waals surface area contributed by atoms with Crippen LogP contribution in [0.15, 0.2) is 97.5 Å². The standard InChI is InChI=1S/C24H19N3O2/c28-24(19-8-10-22(11-9-19)29-21-6-2-1-3-7-21)27-16-18-12-14-26-23(15-18)20-5-4-13-25-17-20/h1-15,17H,16H2,(H,27,28). The third-order valence-corrected chi connectivity index (χ3v) is 4.33. The van der Waals surface area contributed by atoms with Crippen LogP contribution >= 0.6 is 0 Å². The van der Waals surface area contributed by atoms with Gasteiger partial charge in [0.2, 0.25) is 0 Å². The van der Waals surface area contributed by atoms with Gasteiger partial charge in [0.05, 0.1) is 5.69 Å². The van der Waals surface area contributed by atoms with Crippen LogP contribution in [0.2, 0.25) is 0 Å². The highest BCUT2D eigenvalue weighted by Crippen LogP contribution is 2.21. The first-order valence-electron chi connectivity index (χ1n) is 9.24. The predicted octanol–water partition coefficient (Wildman–Crippen LogP) is 4.87. The lowest BCUT2D eigenvalue weighted by Gasteiger charge is -2.08. The average Bonchev–Trinajstić information content (AvgIpc) is 2.79. The molecule has 0 aliphatic rings. The Morgan fingerprint density at radius 3 is 2.41 bits per heavy atom. The number of carbonyl (C=O) groups excluding carboxylic acids is 1. The quantitative estimate of drug-likeness (QED) is 0.518. The molecule has 5 heteroatoms. The molecule has 1 N–H and O–H groups in total. The number of ether oxygens (including phenoxy) is 1. The van der Waals surface area contributed by atoms with E-state index in [0.717, 1.165) is 22.6 Å². The van der Waals surface area contributed by atoms with Gasteiger partial charge in [-0.25, -0.2) is 0 Å². The van der Waals surface area contributed by atoms with Crippen molar-refractivity contribution in [1.29, 1.82) is 0 Å². The van der Waals surface area contributed by atoms with Gasteiger partial charge >= 0.3 is 0 Å². The summed E-state index contributed by atoms with van der Waals surface area (Å²) in [5.74, 6) is 1.30. The van der Waals surface area contributed by atoms with E-state index in [2.05, 4.69) is 15.3 Å². The third kappa shape index (κ3) is 4.84. The molecule has 2 aromatic carbocycles. The number of rotatable bonds is 6. The molecular weight excluding hydrogens is 362 g/mol. The van der Waals surface area contributed by atoms with E-state index < -0.39 is 0 Å². The predicted molar refractivity (Wildman–Crippen MR) is 112 cm³/mol. The van der Waals surface area contributed by atoms with Crippen molar-refractivity contribution in [2.75, 3.05) is 0 Å². The summed E-state index contributed by atoms with van der Waals surface area (Å²) in [5, 5.41) is 2.94. The lowest BCUT2D eigenvalue weighted by atomic mass is 10.1. The van der Waals surface area contributed by atoms with Crippen LogP contribution in [-0.2, 0) is 6.54 Å². The van der Waals surface area contributed by atoms with Gasteiger partial charge in [-0.1, -0.05) is 18.2 Å². The Morgan fingerprint density at radius 1 is 0.862 bits per heavy atom. The van der Waals surface area contributed by atoms with E-state index in [0.29, 0.717) is 17.9 Å². The number of para-hydroxylation sites is 1. The topological polar surface area (TPSA) is 64.1 Å². The van der Waals surface area contributed by atoms with Crippen LogP contribution < -0.4 is 10.1 Å². The molecule has 0 bridgehead atoms. The summed E-state index contributed by atoms with van der Waals surface area (Å²) >= 11 is 0. The second kappa shape index (κ2) is 8.80. The van der Waals surface area contributed by atoms with Crippen LogP contribution in [0.1, 0.15) is 15.9 Å². The van der Waals surface area contributed by atoms with Crippen molar-refractivity contribution >= 4 is 5.91 Å². The van der Waals surface area contributed by atoms with Gasteiger partial charge in [0.15, 0.2) is 0 Å². The molecular formula is C24H19N3O2. The largest absolute Gasteiger partial charge is 0.457 e. The molecule has 142 valence electrons. The zero-order valence-electron chi connectivity index (χ0n) is 15.7. The summed E-state index contributed by atoms with van der Waals surface area (Å²) in [6.07, 6.45) is 5.23. The van der Waals surface area contributed by atoms with Crippen molar-refractivity contribution in [3.05, 3.63) is 109 Å². The minimum Gasteiger partial charge on any atom is -0.457 e. The van der Waals surface area contributed by atoms with Gasteiger partial charge in [-0.2, -0.15) is 0 Å². The van der Waals surface area contributed by atoms with Gasteiger partial charge < -0.3 is 10.1 Å². The number of pyridine rings is 2. The highest BCUT2D eigenvalue weighted by atomic mass is 16.5. The number of carbonyl (C=O) groups is 1. The maximum atomic E-state index is 12.5. The van der Waals surface area contributed by atoms with Crippen molar-refractivity contribution in [1.82, 2.24) is 15.3 Å². The van der Waals surface area contributed by atoms with E-state index in [1.807, 2.05) is 54.6 Å². The fourth-order valence-corrected chi connectivity index (χ4v) is 2.84. The zero-order chi connectivity index (χ0) is 19.9. The third-order valence-electron chi connectivity index (χ3n) is 4.33. The molecule has 1 amide bonds. The molecule has 2 aromatic heterocycles. The Labute approximate surface area is 169 Å². The molecule has 0 saturated carbocycles. The number of nitrogens with one attached hydrogen (secondary N) is 1. The molecule has 5 nitrogen and oxygen atoms in total. The Balaban J connectivity index is 1.37. The van der Waals surface area contributed by atoms with Crippen LogP contribution in [0.5, 0.6) is 11.5 Å². The highest BCUT2D eigenvalue weighted by Gasteiger charge is 2.07. The second-order valence-electron chi connectivity index (χ2n) is 6.41. The first-order chi connectivity index (χ1) is 14.3. The van der Waals surface area contributed by atoms with Crippen molar-refractivity contribution in [2.45, 2.75) is 6.54 Å². The van der Waals surface area contributed by atoms with E-state index in [1.54, 1.807) is 42.9 Å². The zero-order valence-corrected chi connectivity index (χ0v) is 15.7. The van der Waals surface area contributed by atoms with Gasteiger partial charge in [-0.3, -0.25) is 14.8 Å². The Morgan fingerprint density at radius 2 is 1.66 bits per heavy atom. The van der Waals surface area contributed by atoms with Crippen LogP contribution in [0.4, 0.5) is 0 Å². The van der Waals surface area contributed by atoms with Crippen molar-refractivity contribution in [3.8, 4) is 22.8 Å². The number of nitrogens with zero attached hydrogens (tertiary/aromatic N) is 2. The summed E-state index contributed by atoms with van der Waals surface area (Å²) in [4.78, 5) is 21.0. The van der Waals surface area contributed by atoms with E-state index in [-0.39, 0.29) is 5.91 Å². The lowest BCUT2D eigenvalue weighted by molar-refractivity contribution is 0.0951. The molecule has 4 aromatic rings. The molecule has 2 heterocycles. The Hall–Kier alpha value is -3.99. The van der Waals surface area contributed by atoms with Gasteiger partial charge in [0.25, 0.3) is 5.91 Å². The number of amides is 1. The SMILES string of the molecule is O=C(NCc1ccnc(-c2cccnc2)c1)c1ccc(Oc2ccccc2)cc1. The van der Waals surface area contributed by atoms with Gasteiger partial charge in [0.1, 0.15) is 11.5 Å². The van der Waals surface area contributed by atoms with Gasteiger partial charge in [-0.15, -0.1) is 0 Å². The first-order valence-corrected chi connectivity index (χ1v) is 9.24. The van der Waals surface area contributed by atoms with E-state index >= 15 is 0 Å². The minimum atomic E-state index is -0.143. The normalized spacial score (nSPS) is 10.3. The first kappa shape index (κ1) is 18.4. The maximum Gasteiger partial charge on any atom is 0.251 e. The molecule has 4 rings (SSSR count). The molecule has 0 radical (unpaired) electrons. The fraction of sp³-hybridized carbons (Fsp3) is 0.0417. The van der Waals surface area contributed by atoms with Crippen LogP contribution in [0.3, 0.4) is 0 Å². The Kier molecular flexibility index (Phi) is 5.58. The molecule has 0 atom stereocenters. The summed E-state index contributed by atoms with van der Waals surface area (Å²) < 4.78 is 5.75. The van der Waals surface area contributed by atoms with E-state index in [9.17, 15) is 4.79 Å². The Bertz CT molecular complexity index is 1080. The molecule has 0 saturated heterocycles.